The molecule has 0 amide bonds. The van der Waals surface area contributed by atoms with Crippen molar-refractivity contribution in [1.82, 2.24) is 9.55 Å². The molecule has 0 aliphatic carbocycles. The Morgan fingerprint density at radius 2 is 1.91 bits per heavy atom. The molecular formula is C25H24N2O4S. The van der Waals surface area contributed by atoms with E-state index in [0.717, 1.165) is 39.9 Å². The van der Waals surface area contributed by atoms with Crippen molar-refractivity contribution >= 4 is 34.0 Å². The Morgan fingerprint density at radius 1 is 1.12 bits per heavy atom. The summed E-state index contributed by atoms with van der Waals surface area (Å²) in [5.41, 5.74) is 3.93. The van der Waals surface area contributed by atoms with Gasteiger partial charge >= 0.3 is 10.8 Å². The molecule has 32 heavy (non-hydrogen) atoms. The van der Waals surface area contributed by atoms with Crippen molar-refractivity contribution in [2.24, 2.45) is 0 Å². The first-order valence-corrected chi connectivity index (χ1v) is 11.4. The van der Waals surface area contributed by atoms with Crippen LogP contribution >= 0.6 is 11.3 Å². The van der Waals surface area contributed by atoms with Gasteiger partial charge in [-0.2, -0.15) is 0 Å². The molecule has 0 bridgehead atoms. The Kier molecular flexibility index (Phi) is 6.37. The minimum Gasteiger partial charge on any atom is -0.449 e. The first kappa shape index (κ1) is 21.8. The summed E-state index contributed by atoms with van der Waals surface area (Å²) in [4.78, 5) is 41.2. The van der Waals surface area contributed by atoms with E-state index in [0.29, 0.717) is 11.1 Å². The summed E-state index contributed by atoms with van der Waals surface area (Å²) < 4.78 is 7.23. The monoisotopic (exact) mass is 448 g/mol. The number of hydrogen-bond donors (Lipinski definition) is 1. The van der Waals surface area contributed by atoms with Gasteiger partial charge in [0.25, 0.3) is 0 Å². The number of aryl methyl sites for hydroxylation is 2. The van der Waals surface area contributed by atoms with Crippen LogP contribution in [0.5, 0.6) is 0 Å². The molecule has 4 aromatic rings. The second-order valence-electron chi connectivity index (χ2n) is 7.59. The zero-order valence-electron chi connectivity index (χ0n) is 18.0. The summed E-state index contributed by atoms with van der Waals surface area (Å²) in [6.45, 7) is 4.10. The van der Waals surface area contributed by atoms with Crippen LogP contribution in [-0.4, -0.2) is 21.3 Å². The van der Waals surface area contributed by atoms with Crippen LogP contribution in [0.15, 0.2) is 64.9 Å². The van der Waals surface area contributed by atoms with Gasteiger partial charge in [0.1, 0.15) is 0 Å². The fourth-order valence-corrected chi connectivity index (χ4v) is 4.59. The number of benzene rings is 2. The molecule has 2 aromatic heterocycles. The average molecular weight is 449 g/mol. The number of nitrogens with one attached hydrogen (secondary N) is 1. The predicted octanol–water partition coefficient (Wildman–Crippen LogP) is 4.82. The lowest BCUT2D eigenvalue weighted by atomic mass is 9.98. The second-order valence-corrected chi connectivity index (χ2v) is 8.41. The van der Waals surface area contributed by atoms with Gasteiger partial charge in [-0.25, -0.2) is 0 Å². The third-order valence-corrected chi connectivity index (χ3v) is 6.43. The molecule has 2 aromatic carbocycles. The molecule has 4 rings (SSSR count). The predicted molar refractivity (Wildman–Crippen MR) is 125 cm³/mol. The minimum atomic E-state index is -1.06. The zero-order chi connectivity index (χ0) is 22.7. The lowest BCUT2D eigenvalue weighted by Gasteiger charge is -2.17. The van der Waals surface area contributed by atoms with Crippen LogP contribution < -0.4 is 4.87 Å². The van der Waals surface area contributed by atoms with E-state index in [1.165, 1.54) is 4.57 Å². The quantitative estimate of drug-likeness (QED) is 0.310. The number of carbonyl (C=O) groups is 2. The molecular weight excluding hydrogens is 424 g/mol. The largest absolute Gasteiger partial charge is 0.449 e. The van der Waals surface area contributed by atoms with E-state index in [1.807, 2.05) is 43.3 Å². The number of thiazole rings is 1. The van der Waals surface area contributed by atoms with E-state index in [1.54, 1.807) is 23.7 Å². The van der Waals surface area contributed by atoms with Gasteiger partial charge in [0, 0.05) is 45.8 Å². The number of esters is 1. The number of nitrogens with zero attached hydrogens (tertiary/aromatic N) is 1. The van der Waals surface area contributed by atoms with Gasteiger partial charge in [0.15, 0.2) is 6.10 Å². The maximum atomic E-state index is 13.5. The third kappa shape index (κ3) is 4.29. The maximum absolute atomic E-state index is 13.5. The summed E-state index contributed by atoms with van der Waals surface area (Å²) in [5.74, 6) is -0.813. The van der Waals surface area contributed by atoms with Crippen molar-refractivity contribution in [2.45, 2.75) is 39.3 Å². The van der Waals surface area contributed by atoms with Gasteiger partial charge in [0.2, 0.25) is 5.78 Å². The number of ether oxygens (including phenoxy) is 1. The molecule has 0 spiro atoms. The van der Waals surface area contributed by atoms with E-state index in [4.69, 9.17) is 4.74 Å². The van der Waals surface area contributed by atoms with Crippen molar-refractivity contribution in [3.63, 3.8) is 0 Å². The Hall–Kier alpha value is -3.45. The molecule has 0 saturated carbocycles. The molecule has 0 saturated heterocycles. The normalized spacial score (nSPS) is 12.1. The van der Waals surface area contributed by atoms with Crippen molar-refractivity contribution in [2.75, 3.05) is 0 Å². The van der Waals surface area contributed by atoms with E-state index >= 15 is 0 Å². The number of fused-ring (bicyclic) bond motifs is 1. The molecule has 7 heteroatoms. The van der Waals surface area contributed by atoms with Crippen LogP contribution in [0.4, 0.5) is 0 Å². The number of aromatic amines is 1. The molecule has 0 fully saturated rings. The van der Waals surface area contributed by atoms with Gasteiger partial charge in [-0.05, 0) is 18.9 Å². The van der Waals surface area contributed by atoms with Crippen LogP contribution in [-0.2, 0) is 22.5 Å². The molecule has 0 radical (unpaired) electrons. The average Bonchev–Trinajstić information content (AvgIpc) is 3.39. The maximum Gasteiger partial charge on any atom is 0.308 e. The fraction of sp³-hybridized carbons (Fsp3) is 0.240. The van der Waals surface area contributed by atoms with E-state index < -0.39 is 12.1 Å². The van der Waals surface area contributed by atoms with Crippen molar-refractivity contribution in [1.29, 1.82) is 0 Å². The zero-order valence-corrected chi connectivity index (χ0v) is 18.8. The summed E-state index contributed by atoms with van der Waals surface area (Å²) in [7, 11) is 0. The highest BCUT2D eigenvalue weighted by Crippen LogP contribution is 2.29. The number of Topliss-reactive ketones (excluding diaryl/α,β-unsaturated/α-hetero) is 1. The molecule has 0 unspecified atom stereocenters. The number of hydrogen-bond acceptors (Lipinski definition) is 5. The summed E-state index contributed by atoms with van der Waals surface area (Å²) in [6, 6.07) is 14.9. The Morgan fingerprint density at radius 3 is 2.59 bits per heavy atom. The fourth-order valence-electron chi connectivity index (χ4n) is 3.83. The van der Waals surface area contributed by atoms with Crippen molar-refractivity contribution in [3.05, 3.63) is 92.2 Å². The summed E-state index contributed by atoms with van der Waals surface area (Å²) in [5, 5.41) is 2.57. The van der Waals surface area contributed by atoms with Gasteiger partial charge in [-0.15, -0.1) is 0 Å². The molecule has 1 N–H and O–H groups in total. The van der Waals surface area contributed by atoms with Gasteiger partial charge in [-0.1, -0.05) is 66.8 Å². The smallest absolute Gasteiger partial charge is 0.308 e. The topological polar surface area (TPSA) is 81.2 Å². The van der Waals surface area contributed by atoms with Crippen molar-refractivity contribution < 1.29 is 14.3 Å². The lowest BCUT2D eigenvalue weighted by Crippen LogP contribution is -2.22. The van der Waals surface area contributed by atoms with Crippen LogP contribution in [0.2, 0.25) is 0 Å². The Labute approximate surface area is 189 Å². The van der Waals surface area contributed by atoms with E-state index in [-0.39, 0.29) is 23.6 Å². The first-order valence-electron chi connectivity index (χ1n) is 10.5. The third-order valence-electron chi connectivity index (χ3n) is 5.55. The molecule has 1 atom stereocenters. The number of ketones is 1. The number of H-pyrrole nitrogens is 1. The Bertz CT molecular complexity index is 1320. The summed E-state index contributed by atoms with van der Waals surface area (Å²) in [6.07, 6.45) is 1.46. The highest BCUT2D eigenvalue weighted by atomic mass is 32.1. The standard InChI is InChI=1S/C25H24N2O4S/c1-3-17-10-7-11-19-20(14-26-22(17)19)23(29)24(18-8-5-4-6-9-18)31-21(28)12-13-27-16(2)15-32-25(27)30/h4-11,14-15,24,26H,3,12-13H2,1-2H3/t24-/m0/s1. The SMILES string of the molecule is CCc1cccc2c(C(=O)[C@@H](OC(=O)CCn3c(C)csc3=O)c3ccccc3)c[nH]c12. The van der Waals surface area contributed by atoms with Gasteiger partial charge in [0.05, 0.1) is 6.42 Å². The van der Waals surface area contributed by atoms with Gasteiger partial charge < -0.3 is 14.3 Å². The Balaban J connectivity index is 1.61. The van der Waals surface area contributed by atoms with Crippen LogP contribution in [0, 0.1) is 6.92 Å². The lowest BCUT2D eigenvalue weighted by molar-refractivity contribution is -0.147. The molecule has 164 valence electrons. The number of rotatable bonds is 8. The molecule has 6 nitrogen and oxygen atoms in total. The van der Waals surface area contributed by atoms with E-state index in [2.05, 4.69) is 11.9 Å². The van der Waals surface area contributed by atoms with Crippen LogP contribution in [0.25, 0.3) is 10.9 Å². The highest BCUT2D eigenvalue weighted by Gasteiger charge is 2.28. The van der Waals surface area contributed by atoms with Gasteiger partial charge in [-0.3, -0.25) is 14.4 Å². The van der Waals surface area contributed by atoms with Crippen LogP contribution in [0.3, 0.4) is 0 Å². The second kappa shape index (κ2) is 9.36. The first-order chi connectivity index (χ1) is 15.5. The van der Waals surface area contributed by atoms with E-state index in [9.17, 15) is 14.4 Å². The number of aromatic nitrogens is 2. The minimum absolute atomic E-state index is 0.00195. The summed E-state index contributed by atoms with van der Waals surface area (Å²) >= 11 is 1.10. The highest BCUT2D eigenvalue weighted by molar-refractivity contribution is 7.07. The molecule has 0 aliphatic heterocycles. The number of carbonyl (C=O) groups excluding carboxylic acids is 2. The number of para-hydroxylation sites is 1. The molecule has 2 heterocycles. The van der Waals surface area contributed by atoms with Crippen LogP contribution in [0.1, 0.15) is 46.6 Å². The van der Waals surface area contributed by atoms with Crippen molar-refractivity contribution in [3.8, 4) is 0 Å². The molecule has 0 aliphatic rings.